The zero-order valence-corrected chi connectivity index (χ0v) is 7.39. The summed E-state index contributed by atoms with van der Waals surface area (Å²) in [5.41, 5.74) is 2.05. The minimum atomic E-state index is 0.700. The van der Waals surface area contributed by atoms with Gasteiger partial charge < -0.3 is 9.72 Å². The van der Waals surface area contributed by atoms with Crippen LogP contribution in [0.15, 0.2) is 23.8 Å². The lowest BCUT2D eigenvalue weighted by atomic mass is 10.3. The molecule has 4 heteroatoms. The zero-order chi connectivity index (χ0) is 8.39. The van der Waals surface area contributed by atoms with E-state index in [9.17, 15) is 0 Å². The monoisotopic (exact) mass is 180 g/mol. The predicted octanol–water partition coefficient (Wildman–Crippen LogP) is 2.15. The molecule has 62 valence electrons. The molecule has 0 fully saturated rings. The van der Waals surface area contributed by atoms with Gasteiger partial charge in [0.25, 0.3) is 5.19 Å². The van der Waals surface area contributed by atoms with Gasteiger partial charge in [-0.3, -0.25) is 0 Å². The molecule has 0 radical (unpaired) electrons. The van der Waals surface area contributed by atoms with Crippen LogP contribution in [-0.4, -0.2) is 17.1 Å². The molecule has 3 nitrogen and oxygen atoms in total. The average molecular weight is 180 g/mol. The molecule has 2 aromatic rings. The van der Waals surface area contributed by atoms with E-state index in [1.54, 1.807) is 7.11 Å². The van der Waals surface area contributed by atoms with E-state index in [1.807, 2.05) is 23.8 Å². The summed E-state index contributed by atoms with van der Waals surface area (Å²) in [6, 6.07) is 1.98. The van der Waals surface area contributed by atoms with Crippen molar-refractivity contribution in [3.63, 3.8) is 0 Å². The summed E-state index contributed by atoms with van der Waals surface area (Å²) in [5.74, 6) is 0. The third-order valence-corrected chi connectivity index (χ3v) is 2.35. The topological polar surface area (TPSA) is 37.9 Å². The fraction of sp³-hybridized carbons (Fsp3) is 0.125. The van der Waals surface area contributed by atoms with Crippen molar-refractivity contribution in [1.82, 2.24) is 9.97 Å². The van der Waals surface area contributed by atoms with Gasteiger partial charge in [-0.05, 0) is 6.07 Å². The van der Waals surface area contributed by atoms with Gasteiger partial charge in [0, 0.05) is 23.3 Å². The Morgan fingerprint density at radius 3 is 3.08 bits per heavy atom. The summed E-state index contributed by atoms with van der Waals surface area (Å²) < 4.78 is 4.99. The number of H-pyrrole nitrogens is 1. The molecule has 1 N–H and O–H groups in total. The number of aromatic amines is 1. The van der Waals surface area contributed by atoms with Crippen molar-refractivity contribution in [2.75, 3.05) is 7.11 Å². The van der Waals surface area contributed by atoms with Gasteiger partial charge in [-0.15, -0.1) is 0 Å². The first-order chi connectivity index (χ1) is 5.90. The quantitative estimate of drug-likeness (QED) is 0.768. The van der Waals surface area contributed by atoms with Gasteiger partial charge in [0.2, 0.25) is 0 Å². The van der Waals surface area contributed by atoms with Crippen LogP contribution >= 0.6 is 11.3 Å². The van der Waals surface area contributed by atoms with Crippen LogP contribution in [0.3, 0.4) is 0 Å². The van der Waals surface area contributed by atoms with Crippen LogP contribution in [0.4, 0.5) is 0 Å². The molecule has 0 aliphatic carbocycles. The molecule has 0 spiro atoms. The van der Waals surface area contributed by atoms with Gasteiger partial charge in [-0.25, -0.2) is 4.98 Å². The summed E-state index contributed by atoms with van der Waals surface area (Å²) in [5, 5.41) is 2.67. The second kappa shape index (κ2) is 2.98. The van der Waals surface area contributed by atoms with Crippen LogP contribution < -0.4 is 4.74 Å². The third kappa shape index (κ3) is 1.21. The van der Waals surface area contributed by atoms with Crippen LogP contribution in [0.5, 0.6) is 5.19 Å². The number of rotatable bonds is 2. The van der Waals surface area contributed by atoms with E-state index in [4.69, 9.17) is 4.74 Å². The molecule has 2 aromatic heterocycles. The smallest absolute Gasteiger partial charge is 0.273 e. The predicted molar refractivity (Wildman–Crippen MR) is 48.5 cm³/mol. The summed E-state index contributed by atoms with van der Waals surface area (Å²) in [6.45, 7) is 0. The number of ether oxygens (including phenoxy) is 1. The Bertz CT molecular complexity index is 353. The minimum absolute atomic E-state index is 0.700. The van der Waals surface area contributed by atoms with Crippen LogP contribution in [0.25, 0.3) is 11.3 Å². The van der Waals surface area contributed by atoms with Crippen LogP contribution in [-0.2, 0) is 0 Å². The van der Waals surface area contributed by atoms with Crippen molar-refractivity contribution in [2.24, 2.45) is 0 Å². The maximum atomic E-state index is 4.99. The van der Waals surface area contributed by atoms with Crippen molar-refractivity contribution >= 4 is 11.3 Å². The Morgan fingerprint density at radius 2 is 2.50 bits per heavy atom. The number of thiazole rings is 1. The van der Waals surface area contributed by atoms with Crippen molar-refractivity contribution in [1.29, 1.82) is 0 Å². The van der Waals surface area contributed by atoms with Crippen LogP contribution in [0.1, 0.15) is 0 Å². The molecule has 0 aliphatic rings. The first kappa shape index (κ1) is 7.36. The van der Waals surface area contributed by atoms with E-state index in [0.29, 0.717) is 5.19 Å². The second-order valence-electron chi connectivity index (χ2n) is 2.30. The maximum Gasteiger partial charge on any atom is 0.273 e. The van der Waals surface area contributed by atoms with Gasteiger partial charge in [-0.2, -0.15) is 0 Å². The molecule has 12 heavy (non-hydrogen) atoms. The lowest BCUT2D eigenvalue weighted by Gasteiger charge is -1.88. The fourth-order valence-corrected chi connectivity index (χ4v) is 1.62. The summed E-state index contributed by atoms with van der Waals surface area (Å²) in [7, 11) is 1.62. The number of hydrogen-bond donors (Lipinski definition) is 1. The highest BCUT2D eigenvalue weighted by atomic mass is 32.1. The first-order valence-electron chi connectivity index (χ1n) is 3.53. The van der Waals surface area contributed by atoms with Gasteiger partial charge in [0.15, 0.2) is 0 Å². The number of methoxy groups -OCH3 is 1. The molecule has 2 rings (SSSR count). The van der Waals surface area contributed by atoms with Gasteiger partial charge in [-0.1, -0.05) is 11.3 Å². The third-order valence-electron chi connectivity index (χ3n) is 1.55. The Morgan fingerprint density at radius 1 is 1.58 bits per heavy atom. The van der Waals surface area contributed by atoms with E-state index >= 15 is 0 Å². The lowest BCUT2D eigenvalue weighted by Crippen LogP contribution is -1.80. The van der Waals surface area contributed by atoms with Gasteiger partial charge in [0.1, 0.15) is 0 Å². The Kier molecular flexibility index (Phi) is 1.83. The zero-order valence-electron chi connectivity index (χ0n) is 6.57. The molecule has 0 aromatic carbocycles. The molecule has 0 saturated heterocycles. The lowest BCUT2D eigenvalue weighted by molar-refractivity contribution is 0.412. The molecular formula is C8H8N2OS. The van der Waals surface area contributed by atoms with Crippen LogP contribution in [0.2, 0.25) is 0 Å². The van der Waals surface area contributed by atoms with E-state index < -0.39 is 0 Å². The highest BCUT2D eigenvalue weighted by Crippen LogP contribution is 2.25. The number of nitrogens with one attached hydrogen (secondary N) is 1. The van der Waals surface area contributed by atoms with Crippen molar-refractivity contribution in [3.05, 3.63) is 23.8 Å². The number of nitrogens with zero attached hydrogens (tertiary/aromatic N) is 1. The van der Waals surface area contributed by atoms with E-state index in [0.717, 1.165) is 11.3 Å². The standard InChI is InChI=1S/C8H8N2OS/c1-11-8-10-7(5-12-8)6-2-3-9-4-6/h2-5,9H,1H3. The fourth-order valence-electron chi connectivity index (χ4n) is 0.967. The molecule has 0 bridgehead atoms. The highest BCUT2D eigenvalue weighted by Gasteiger charge is 2.03. The average Bonchev–Trinajstić information content (AvgIpc) is 2.75. The van der Waals surface area contributed by atoms with Crippen molar-refractivity contribution in [2.45, 2.75) is 0 Å². The Hall–Kier alpha value is -1.29. The van der Waals surface area contributed by atoms with Gasteiger partial charge >= 0.3 is 0 Å². The normalized spacial score (nSPS) is 10.1. The summed E-state index contributed by atoms with van der Waals surface area (Å²) in [4.78, 5) is 7.23. The molecule has 0 saturated carbocycles. The van der Waals surface area contributed by atoms with Crippen molar-refractivity contribution < 1.29 is 4.74 Å². The maximum absolute atomic E-state index is 4.99. The molecule has 0 unspecified atom stereocenters. The minimum Gasteiger partial charge on any atom is -0.473 e. The summed E-state index contributed by atoms with van der Waals surface area (Å²) >= 11 is 1.50. The Labute approximate surface area is 74.0 Å². The largest absolute Gasteiger partial charge is 0.473 e. The van der Waals surface area contributed by atoms with E-state index in [2.05, 4.69) is 9.97 Å². The molecule has 0 aliphatic heterocycles. The number of hydrogen-bond acceptors (Lipinski definition) is 3. The molecule has 2 heterocycles. The molecular weight excluding hydrogens is 172 g/mol. The highest BCUT2D eigenvalue weighted by molar-refractivity contribution is 7.11. The SMILES string of the molecule is COc1nc(-c2cc[nH]c2)cs1. The number of aromatic nitrogens is 2. The molecule has 0 atom stereocenters. The van der Waals surface area contributed by atoms with Crippen LogP contribution in [0, 0.1) is 0 Å². The Balaban J connectivity index is 2.35. The molecule has 0 amide bonds. The van der Waals surface area contributed by atoms with E-state index in [-0.39, 0.29) is 0 Å². The van der Waals surface area contributed by atoms with Gasteiger partial charge in [0.05, 0.1) is 12.8 Å². The second-order valence-corrected chi connectivity index (χ2v) is 3.12. The summed E-state index contributed by atoms with van der Waals surface area (Å²) in [6.07, 6.45) is 3.79. The first-order valence-corrected chi connectivity index (χ1v) is 4.41. The van der Waals surface area contributed by atoms with E-state index in [1.165, 1.54) is 11.3 Å². The van der Waals surface area contributed by atoms with Crippen molar-refractivity contribution in [3.8, 4) is 16.5 Å².